The van der Waals surface area contributed by atoms with Crippen LogP contribution < -0.4 is 0 Å². The fourth-order valence-electron chi connectivity index (χ4n) is 2.20. The van der Waals surface area contributed by atoms with Crippen molar-refractivity contribution in [2.45, 2.75) is 45.6 Å². The van der Waals surface area contributed by atoms with Gasteiger partial charge in [-0.3, -0.25) is 4.79 Å². The van der Waals surface area contributed by atoms with Crippen molar-refractivity contribution in [1.82, 2.24) is 4.90 Å². The normalized spacial score (nSPS) is 29.0. The molecule has 76 valence electrons. The molecule has 2 nitrogen and oxygen atoms in total. The minimum absolute atomic E-state index is 0.273. The van der Waals surface area contributed by atoms with Crippen LogP contribution >= 0.6 is 11.6 Å². The number of hydrogen-bond acceptors (Lipinski definition) is 1. The van der Waals surface area contributed by atoms with Gasteiger partial charge >= 0.3 is 5.37 Å². The van der Waals surface area contributed by atoms with E-state index in [2.05, 4.69) is 13.8 Å². The van der Waals surface area contributed by atoms with Crippen molar-refractivity contribution in [2.75, 3.05) is 6.54 Å². The third-order valence-corrected chi connectivity index (χ3v) is 3.14. The summed E-state index contributed by atoms with van der Waals surface area (Å²) in [5, 5.41) is -0.273. The van der Waals surface area contributed by atoms with Gasteiger partial charge < -0.3 is 4.90 Å². The van der Waals surface area contributed by atoms with Crippen molar-refractivity contribution < 1.29 is 4.79 Å². The molecule has 1 aliphatic heterocycles. The topological polar surface area (TPSA) is 20.3 Å². The van der Waals surface area contributed by atoms with E-state index >= 15 is 0 Å². The van der Waals surface area contributed by atoms with Gasteiger partial charge in [0.15, 0.2) is 0 Å². The number of nitrogens with zero attached hydrogens (tertiary/aromatic N) is 1. The molecule has 0 aromatic carbocycles. The lowest BCUT2D eigenvalue weighted by molar-refractivity contribution is 0.129. The molecule has 0 aliphatic carbocycles. The largest absolute Gasteiger partial charge is 0.326 e. The van der Waals surface area contributed by atoms with E-state index < -0.39 is 0 Å². The number of carbonyl (C=O) groups is 1. The highest BCUT2D eigenvalue weighted by atomic mass is 35.5. The Morgan fingerprint density at radius 1 is 1.62 bits per heavy atom. The lowest BCUT2D eigenvalue weighted by atomic mass is 9.88. The molecule has 1 rings (SSSR count). The molecule has 13 heavy (non-hydrogen) atoms. The van der Waals surface area contributed by atoms with E-state index in [0.717, 1.165) is 25.8 Å². The lowest BCUT2D eigenvalue weighted by Gasteiger charge is -2.38. The van der Waals surface area contributed by atoms with Gasteiger partial charge in [0.05, 0.1) is 0 Å². The molecule has 2 atom stereocenters. The van der Waals surface area contributed by atoms with E-state index in [9.17, 15) is 4.79 Å². The molecule has 0 saturated carbocycles. The summed E-state index contributed by atoms with van der Waals surface area (Å²) in [6.07, 6.45) is 4.53. The molecule has 3 heteroatoms. The van der Waals surface area contributed by atoms with Gasteiger partial charge in [0.25, 0.3) is 0 Å². The van der Waals surface area contributed by atoms with Crippen LogP contribution in [0.4, 0.5) is 4.79 Å². The van der Waals surface area contributed by atoms with Crippen molar-refractivity contribution in [1.29, 1.82) is 0 Å². The number of rotatable bonds is 2. The summed E-state index contributed by atoms with van der Waals surface area (Å²) in [5.74, 6) is 0.608. The highest BCUT2D eigenvalue weighted by Crippen LogP contribution is 2.27. The van der Waals surface area contributed by atoms with E-state index in [1.165, 1.54) is 6.42 Å². The Labute approximate surface area is 85.2 Å². The van der Waals surface area contributed by atoms with Gasteiger partial charge in [0, 0.05) is 12.6 Å². The Hall–Kier alpha value is -0.240. The second-order valence-corrected chi connectivity index (χ2v) is 4.25. The van der Waals surface area contributed by atoms with Crippen LogP contribution in [0.3, 0.4) is 0 Å². The number of hydrogen-bond donors (Lipinski definition) is 0. The van der Waals surface area contributed by atoms with Crippen molar-refractivity contribution in [3.8, 4) is 0 Å². The summed E-state index contributed by atoms with van der Waals surface area (Å²) in [6.45, 7) is 5.21. The zero-order chi connectivity index (χ0) is 9.84. The SMILES string of the molecule is CCCC1C(C)CCCN1C(=O)Cl. The molecule has 1 fully saturated rings. The zero-order valence-electron chi connectivity index (χ0n) is 8.42. The van der Waals surface area contributed by atoms with Gasteiger partial charge in [-0.1, -0.05) is 20.3 Å². The third kappa shape index (κ3) is 2.60. The predicted molar refractivity (Wildman–Crippen MR) is 55.0 cm³/mol. The number of carbonyl (C=O) groups excluding carboxylic acids is 1. The van der Waals surface area contributed by atoms with Gasteiger partial charge in [0.2, 0.25) is 0 Å². The Kier molecular flexibility index (Phi) is 4.04. The van der Waals surface area contributed by atoms with Crippen LogP contribution in [-0.2, 0) is 0 Å². The number of likely N-dealkylation sites (tertiary alicyclic amines) is 1. The average Bonchev–Trinajstić information content (AvgIpc) is 2.08. The molecule has 0 spiro atoms. The quantitative estimate of drug-likeness (QED) is 0.499. The first-order valence-electron chi connectivity index (χ1n) is 5.13. The maximum absolute atomic E-state index is 11.1. The Balaban J connectivity index is 2.62. The molecular weight excluding hydrogens is 186 g/mol. The predicted octanol–water partition coefficient (Wildman–Crippen LogP) is 3.25. The van der Waals surface area contributed by atoms with Crippen LogP contribution in [0, 0.1) is 5.92 Å². The minimum Gasteiger partial charge on any atom is -0.326 e. The fourth-order valence-corrected chi connectivity index (χ4v) is 2.41. The summed E-state index contributed by atoms with van der Waals surface area (Å²) in [6, 6.07) is 0.378. The Bertz CT molecular complexity index is 184. The fraction of sp³-hybridized carbons (Fsp3) is 0.900. The van der Waals surface area contributed by atoms with E-state index in [4.69, 9.17) is 11.6 Å². The molecule has 1 heterocycles. The molecule has 0 aromatic rings. The zero-order valence-corrected chi connectivity index (χ0v) is 9.18. The minimum atomic E-state index is -0.273. The second kappa shape index (κ2) is 4.85. The van der Waals surface area contributed by atoms with Crippen LogP contribution in [-0.4, -0.2) is 22.9 Å². The molecule has 0 radical (unpaired) electrons. The van der Waals surface area contributed by atoms with Gasteiger partial charge in [-0.2, -0.15) is 0 Å². The van der Waals surface area contributed by atoms with Crippen molar-refractivity contribution in [3.05, 3.63) is 0 Å². The first-order chi connectivity index (χ1) is 6.16. The standard InChI is InChI=1S/C10H18ClNO/c1-3-5-9-8(2)6-4-7-12(9)10(11)13/h8-9H,3-7H2,1-2H3. The van der Waals surface area contributed by atoms with Crippen LogP contribution in [0.15, 0.2) is 0 Å². The molecule has 2 unspecified atom stereocenters. The second-order valence-electron chi connectivity index (χ2n) is 3.92. The Morgan fingerprint density at radius 2 is 2.31 bits per heavy atom. The van der Waals surface area contributed by atoms with E-state index in [1.54, 1.807) is 0 Å². The first kappa shape index (κ1) is 10.8. The molecule has 1 aliphatic rings. The van der Waals surface area contributed by atoms with Crippen LogP contribution in [0.5, 0.6) is 0 Å². The highest BCUT2D eigenvalue weighted by molar-refractivity contribution is 6.62. The average molecular weight is 204 g/mol. The monoisotopic (exact) mass is 203 g/mol. The smallest absolute Gasteiger partial charge is 0.316 e. The van der Waals surface area contributed by atoms with Crippen molar-refractivity contribution >= 4 is 17.0 Å². The van der Waals surface area contributed by atoms with Crippen LogP contribution in [0.2, 0.25) is 0 Å². The number of amides is 1. The number of piperidine rings is 1. The lowest BCUT2D eigenvalue weighted by Crippen LogP contribution is -2.45. The molecular formula is C10H18ClNO. The van der Waals surface area contributed by atoms with Gasteiger partial charge in [0.1, 0.15) is 0 Å². The summed E-state index contributed by atoms with van der Waals surface area (Å²) in [5.41, 5.74) is 0. The molecule has 0 N–H and O–H groups in total. The third-order valence-electron chi connectivity index (χ3n) is 2.93. The molecule has 1 amide bonds. The summed E-state index contributed by atoms with van der Waals surface area (Å²) in [7, 11) is 0. The van der Waals surface area contributed by atoms with E-state index in [-0.39, 0.29) is 5.37 Å². The van der Waals surface area contributed by atoms with E-state index in [0.29, 0.717) is 12.0 Å². The summed E-state index contributed by atoms with van der Waals surface area (Å²) >= 11 is 5.54. The molecule has 1 saturated heterocycles. The maximum Gasteiger partial charge on any atom is 0.316 e. The van der Waals surface area contributed by atoms with Gasteiger partial charge in [-0.05, 0) is 36.8 Å². The van der Waals surface area contributed by atoms with Gasteiger partial charge in [-0.15, -0.1) is 0 Å². The first-order valence-corrected chi connectivity index (χ1v) is 5.50. The van der Waals surface area contributed by atoms with Crippen LogP contribution in [0.1, 0.15) is 39.5 Å². The van der Waals surface area contributed by atoms with Crippen molar-refractivity contribution in [2.24, 2.45) is 5.92 Å². The summed E-state index contributed by atoms with van der Waals surface area (Å²) < 4.78 is 0. The van der Waals surface area contributed by atoms with Gasteiger partial charge in [-0.25, -0.2) is 0 Å². The summed E-state index contributed by atoms with van der Waals surface area (Å²) in [4.78, 5) is 13.0. The number of halogens is 1. The molecule has 0 aromatic heterocycles. The molecule has 0 bridgehead atoms. The highest BCUT2D eigenvalue weighted by Gasteiger charge is 2.29. The Morgan fingerprint density at radius 3 is 2.85 bits per heavy atom. The van der Waals surface area contributed by atoms with E-state index in [1.807, 2.05) is 4.90 Å². The van der Waals surface area contributed by atoms with Crippen molar-refractivity contribution in [3.63, 3.8) is 0 Å². The maximum atomic E-state index is 11.1. The van der Waals surface area contributed by atoms with Crippen LogP contribution in [0.25, 0.3) is 0 Å².